The first kappa shape index (κ1) is 20.0. The third-order valence-corrected chi connectivity index (χ3v) is 6.42. The Morgan fingerprint density at radius 3 is 2.56 bits per heavy atom. The van der Waals surface area contributed by atoms with E-state index >= 15 is 0 Å². The van der Waals surface area contributed by atoms with Gasteiger partial charge in [0.1, 0.15) is 5.78 Å². The van der Waals surface area contributed by atoms with E-state index in [9.17, 15) is 14.4 Å². The van der Waals surface area contributed by atoms with Crippen LogP contribution in [0.5, 0.6) is 0 Å². The highest BCUT2D eigenvalue weighted by Crippen LogP contribution is 2.33. The summed E-state index contributed by atoms with van der Waals surface area (Å²) in [6.07, 6.45) is 4.82. The number of primary amides is 1. The molecular weight excluding hydrogens is 342 g/mol. The topological polar surface area (TPSA) is 153 Å². The van der Waals surface area contributed by atoms with Crippen LogP contribution < -0.4 is 27.8 Å². The lowest BCUT2D eigenvalue weighted by molar-refractivity contribution is -0.120. The molecule has 0 aromatic carbocycles. The first-order valence-electron chi connectivity index (χ1n) is 8.90. The largest absolute Gasteiger partial charge is 0.368 e. The molecule has 2 aliphatic heterocycles. The van der Waals surface area contributed by atoms with E-state index in [1.54, 1.807) is 0 Å². The van der Waals surface area contributed by atoms with Crippen LogP contribution in [-0.4, -0.2) is 52.9 Å². The Kier molecular flexibility index (Phi) is 7.52. The molecule has 0 aliphatic carbocycles. The minimum absolute atomic E-state index is 0.0560. The second kappa shape index (κ2) is 9.40. The van der Waals surface area contributed by atoms with Gasteiger partial charge in [-0.3, -0.25) is 9.59 Å². The Morgan fingerprint density at radius 2 is 1.84 bits per heavy atom. The molecule has 0 aromatic rings. The number of hydrogen-bond acceptors (Lipinski definition) is 6. The van der Waals surface area contributed by atoms with E-state index in [2.05, 4.69) is 10.6 Å². The van der Waals surface area contributed by atoms with Gasteiger partial charge in [0.2, 0.25) is 5.91 Å². The van der Waals surface area contributed by atoms with Crippen LogP contribution in [0.1, 0.15) is 44.9 Å². The zero-order valence-electron chi connectivity index (χ0n) is 14.4. The normalized spacial score (nSPS) is 27.3. The Morgan fingerprint density at radius 1 is 1.12 bits per heavy atom. The molecule has 2 unspecified atom stereocenters. The van der Waals surface area contributed by atoms with Gasteiger partial charge in [-0.15, -0.1) is 0 Å². The van der Waals surface area contributed by atoms with Gasteiger partial charge in [0.25, 0.3) is 0 Å². The van der Waals surface area contributed by atoms with E-state index in [-0.39, 0.29) is 23.9 Å². The zero-order chi connectivity index (χ0) is 18.4. The molecule has 0 saturated carbocycles. The molecule has 2 heterocycles. The lowest BCUT2D eigenvalue weighted by atomic mass is 9.98. The van der Waals surface area contributed by atoms with Crippen molar-refractivity contribution in [2.75, 3.05) is 5.75 Å². The Bertz CT molecular complexity index is 504. The summed E-state index contributed by atoms with van der Waals surface area (Å²) in [5, 5.41) is 6.32. The molecule has 3 amide bonds. The molecule has 2 rings (SSSR count). The fourth-order valence-electron chi connectivity index (χ4n) is 3.33. The van der Waals surface area contributed by atoms with Gasteiger partial charge in [-0.2, -0.15) is 11.8 Å². The van der Waals surface area contributed by atoms with Gasteiger partial charge in [0.05, 0.1) is 24.2 Å². The van der Waals surface area contributed by atoms with Gasteiger partial charge in [0, 0.05) is 17.4 Å². The van der Waals surface area contributed by atoms with Gasteiger partial charge in [-0.1, -0.05) is 6.42 Å². The molecule has 8 N–H and O–H groups in total. The fourth-order valence-corrected chi connectivity index (χ4v) is 4.88. The van der Waals surface area contributed by atoms with Crippen LogP contribution in [0.2, 0.25) is 0 Å². The van der Waals surface area contributed by atoms with Crippen LogP contribution in [0.25, 0.3) is 0 Å². The predicted molar refractivity (Wildman–Crippen MR) is 98.0 cm³/mol. The van der Waals surface area contributed by atoms with E-state index in [4.69, 9.17) is 17.2 Å². The summed E-state index contributed by atoms with van der Waals surface area (Å²) < 4.78 is 0. The molecule has 2 fully saturated rings. The van der Waals surface area contributed by atoms with Crippen molar-refractivity contribution in [2.24, 2.45) is 17.2 Å². The van der Waals surface area contributed by atoms with Crippen LogP contribution in [0.15, 0.2) is 0 Å². The highest BCUT2D eigenvalue weighted by Gasteiger charge is 2.42. The molecule has 0 bridgehead atoms. The molecule has 5 atom stereocenters. The third-order valence-electron chi connectivity index (χ3n) is 4.91. The molecule has 142 valence electrons. The number of nitrogens with one attached hydrogen (secondary N) is 2. The van der Waals surface area contributed by atoms with Crippen molar-refractivity contribution in [2.45, 2.75) is 74.4 Å². The predicted octanol–water partition coefficient (Wildman–Crippen LogP) is -0.408. The van der Waals surface area contributed by atoms with Gasteiger partial charge in [-0.25, -0.2) is 4.79 Å². The monoisotopic (exact) mass is 371 g/mol. The Balaban J connectivity index is 1.56. The number of carbonyl (C=O) groups excluding carboxylic acids is 3. The van der Waals surface area contributed by atoms with Crippen molar-refractivity contribution in [3.63, 3.8) is 0 Å². The summed E-state index contributed by atoms with van der Waals surface area (Å²) in [7, 11) is 0. The summed E-state index contributed by atoms with van der Waals surface area (Å²) in [6.45, 7) is 0. The molecule has 0 radical (unpaired) electrons. The second-order valence-corrected chi connectivity index (χ2v) is 8.15. The smallest absolute Gasteiger partial charge is 0.315 e. The minimum Gasteiger partial charge on any atom is -0.368 e. The number of rotatable bonds is 11. The van der Waals surface area contributed by atoms with Crippen LogP contribution in [0.4, 0.5) is 4.79 Å². The van der Waals surface area contributed by atoms with Crippen LogP contribution in [0.3, 0.4) is 0 Å². The fraction of sp³-hybridized carbons (Fsp3) is 0.812. The van der Waals surface area contributed by atoms with Crippen molar-refractivity contribution in [3.05, 3.63) is 0 Å². The maximum Gasteiger partial charge on any atom is 0.315 e. The lowest BCUT2D eigenvalue weighted by Gasteiger charge is -2.16. The van der Waals surface area contributed by atoms with Gasteiger partial charge >= 0.3 is 6.03 Å². The maximum atomic E-state index is 12.1. The molecule has 2 aliphatic rings. The number of nitrogens with two attached hydrogens (primary N) is 3. The van der Waals surface area contributed by atoms with E-state index < -0.39 is 18.0 Å². The molecule has 25 heavy (non-hydrogen) atoms. The van der Waals surface area contributed by atoms with Crippen LogP contribution >= 0.6 is 11.8 Å². The summed E-state index contributed by atoms with van der Waals surface area (Å²) in [4.78, 5) is 34.2. The number of fused-ring (bicyclic) bond motifs is 1. The lowest BCUT2D eigenvalue weighted by Crippen LogP contribution is -2.37. The number of unbranched alkanes of at least 4 members (excludes halogenated alkanes) is 1. The van der Waals surface area contributed by atoms with E-state index in [1.165, 1.54) is 0 Å². The highest BCUT2D eigenvalue weighted by molar-refractivity contribution is 8.00. The number of amides is 3. The minimum atomic E-state index is -0.666. The quantitative estimate of drug-likeness (QED) is 0.246. The molecular formula is C16H29N5O3S. The average molecular weight is 372 g/mol. The van der Waals surface area contributed by atoms with Gasteiger partial charge in [0.15, 0.2) is 0 Å². The van der Waals surface area contributed by atoms with Crippen molar-refractivity contribution >= 4 is 29.5 Å². The van der Waals surface area contributed by atoms with Gasteiger partial charge < -0.3 is 27.8 Å². The van der Waals surface area contributed by atoms with Crippen molar-refractivity contribution in [3.8, 4) is 0 Å². The maximum absolute atomic E-state index is 12.1. The number of carbonyl (C=O) groups is 3. The Labute approximate surface area is 152 Å². The number of ketones is 1. The first-order valence-corrected chi connectivity index (χ1v) is 9.95. The molecule has 9 heteroatoms. The molecule has 0 aromatic heterocycles. The number of hydrogen-bond donors (Lipinski definition) is 5. The highest BCUT2D eigenvalue weighted by atomic mass is 32.2. The third kappa shape index (κ3) is 5.86. The van der Waals surface area contributed by atoms with E-state index in [0.717, 1.165) is 25.0 Å². The summed E-state index contributed by atoms with van der Waals surface area (Å²) >= 11 is 1.88. The summed E-state index contributed by atoms with van der Waals surface area (Å²) in [5.74, 6) is 0.478. The number of urea groups is 1. The van der Waals surface area contributed by atoms with Crippen LogP contribution in [-0.2, 0) is 9.59 Å². The number of Topliss-reactive ketones (excluding diaryl/α,β-unsaturated/α-hetero) is 1. The van der Waals surface area contributed by atoms with E-state index in [1.807, 2.05) is 11.8 Å². The van der Waals surface area contributed by atoms with Crippen molar-refractivity contribution in [1.82, 2.24) is 10.6 Å². The van der Waals surface area contributed by atoms with Crippen LogP contribution in [0, 0.1) is 0 Å². The second-order valence-electron chi connectivity index (χ2n) is 6.88. The Hall–Kier alpha value is -1.32. The average Bonchev–Trinajstić information content (AvgIpc) is 3.10. The standard InChI is InChI=1S/C16H29N5O3S/c17-9(4-3-5-10(18)15(19)23)12(22)6-1-2-7-13-14-11(8-25-13)20-16(24)21-14/h9-11,13-14H,1-8,17-18H2,(H2,19,23)(H2,20,21,24)/t9?,10?,11-,13-,14-/m0/s1. The van der Waals surface area contributed by atoms with Crippen molar-refractivity contribution < 1.29 is 14.4 Å². The molecule has 8 nitrogen and oxygen atoms in total. The molecule has 0 spiro atoms. The zero-order valence-corrected chi connectivity index (χ0v) is 15.2. The molecule has 2 saturated heterocycles. The summed E-state index contributed by atoms with van der Waals surface area (Å²) in [6, 6.07) is -0.781. The number of thioether (sulfide) groups is 1. The SMILES string of the molecule is NC(=O)C(N)CCCC(N)C(=O)CCCC[C@@H]1SC[C@@H]2NC(=O)N[C@@H]21. The van der Waals surface area contributed by atoms with Gasteiger partial charge in [-0.05, 0) is 32.1 Å². The van der Waals surface area contributed by atoms with E-state index in [0.29, 0.717) is 30.9 Å². The van der Waals surface area contributed by atoms with Crippen molar-refractivity contribution in [1.29, 1.82) is 0 Å². The summed E-state index contributed by atoms with van der Waals surface area (Å²) in [5.41, 5.74) is 16.5. The first-order chi connectivity index (χ1) is 11.9.